The van der Waals surface area contributed by atoms with E-state index in [1.807, 2.05) is 0 Å². The summed E-state index contributed by atoms with van der Waals surface area (Å²) >= 11 is 6.60. The number of benzene rings is 1. The molecule has 1 aliphatic heterocycles. The highest BCUT2D eigenvalue weighted by atomic mass is 79.9. The molecule has 0 aromatic heterocycles. The summed E-state index contributed by atoms with van der Waals surface area (Å²) in [5.41, 5.74) is 0. The van der Waals surface area contributed by atoms with Gasteiger partial charge in [0.25, 0.3) is 0 Å². The lowest BCUT2D eigenvalue weighted by molar-refractivity contribution is 0.00676. The SMILES string of the molecule is NS(=O)(=O)c1cc(Br)c(OC2CCCOC2)c(Br)c1. The molecule has 1 unspecified atom stereocenters. The number of primary sulfonamides is 1. The number of hydrogen-bond donors (Lipinski definition) is 1. The number of nitrogens with two attached hydrogens (primary N) is 1. The number of rotatable bonds is 3. The lowest BCUT2D eigenvalue weighted by atomic mass is 10.2. The van der Waals surface area contributed by atoms with Crippen LogP contribution in [0.2, 0.25) is 0 Å². The van der Waals surface area contributed by atoms with Gasteiger partial charge in [-0.2, -0.15) is 0 Å². The van der Waals surface area contributed by atoms with Crippen molar-refractivity contribution in [1.82, 2.24) is 0 Å². The molecule has 1 aliphatic rings. The Morgan fingerprint density at radius 1 is 1.32 bits per heavy atom. The summed E-state index contributed by atoms with van der Waals surface area (Å²) in [6.45, 7) is 1.29. The minimum Gasteiger partial charge on any atom is -0.486 e. The number of hydrogen-bond acceptors (Lipinski definition) is 4. The Labute approximate surface area is 128 Å². The van der Waals surface area contributed by atoms with Crippen molar-refractivity contribution in [2.45, 2.75) is 23.8 Å². The zero-order valence-electron chi connectivity index (χ0n) is 9.93. The Morgan fingerprint density at radius 2 is 1.95 bits per heavy atom. The second-order valence-electron chi connectivity index (χ2n) is 4.22. The van der Waals surface area contributed by atoms with Gasteiger partial charge in [-0.15, -0.1) is 0 Å². The van der Waals surface area contributed by atoms with Gasteiger partial charge in [-0.1, -0.05) is 0 Å². The fraction of sp³-hybridized carbons (Fsp3) is 0.455. The van der Waals surface area contributed by atoms with E-state index in [9.17, 15) is 8.42 Å². The maximum Gasteiger partial charge on any atom is 0.238 e. The van der Waals surface area contributed by atoms with Gasteiger partial charge in [0.15, 0.2) is 0 Å². The van der Waals surface area contributed by atoms with E-state index in [0.29, 0.717) is 21.3 Å². The Bertz CT molecular complexity index is 547. The maximum absolute atomic E-state index is 11.3. The third kappa shape index (κ3) is 3.91. The molecule has 0 amide bonds. The normalized spacial score (nSPS) is 20.3. The van der Waals surface area contributed by atoms with E-state index in [2.05, 4.69) is 31.9 Å². The van der Waals surface area contributed by atoms with Crippen LogP contribution in [0.3, 0.4) is 0 Å². The van der Waals surface area contributed by atoms with E-state index < -0.39 is 10.0 Å². The van der Waals surface area contributed by atoms with Crippen LogP contribution >= 0.6 is 31.9 Å². The molecule has 1 aromatic carbocycles. The number of ether oxygens (including phenoxy) is 2. The van der Waals surface area contributed by atoms with Crippen molar-refractivity contribution < 1.29 is 17.9 Å². The monoisotopic (exact) mass is 413 g/mol. The Kier molecular flexibility index (Phi) is 4.88. The standard InChI is InChI=1S/C11H13Br2NO4S/c12-9-4-8(19(14,15)16)5-10(13)11(9)18-7-2-1-3-17-6-7/h4-5,7H,1-3,6H2,(H2,14,15,16). The van der Waals surface area contributed by atoms with Crippen LogP contribution in [0, 0.1) is 0 Å². The van der Waals surface area contributed by atoms with E-state index >= 15 is 0 Å². The van der Waals surface area contributed by atoms with E-state index in [-0.39, 0.29) is 11.0 Å². The summed E-state index contributed by atoms with van der Waals surface area (Å²) in [6.07, 6.45) is 1.84. The first-order valence-electron chi connectivity index (χ1n) is 5.64. The molecule has 2 rings (SSSR count). The first-order chi connectivity index (χ1) is 8.88. The van der Waals surface area contributed by atoms with Crippen LogP contribution in [0.1, 0.15) is 12.8 Å². The van der Waals surface area contributed by atoms with Crippen LogP contribution in [0.15, 0.2) is 26.0 Å². The molecule has 1 saturated heterocycles. The largest absolute Gasteiger partial charge is 0.486 e. The summed E-state index contributed by atoms with van der Waals surface area (Å²) in [5, 5.41) is 5.10. The average molecular weight is 415 g/mol. The van der Waals surface area contributed by atoms with Crippen LogP contribution in [0.5, 0.6) is 5.75 Å². The van der Waals surface area contributed by atoms with E-state index in [0.717, 1.165) is 19.4 Å². The molecule has 0 radical (unpaired) electrons. The molecule has 0 aliphatic carbocycles. The average Bonchev–Trinajstić information content (AvgIpc) is 2.33. The van der Waals surface area contributed by atoms with Crippen molar-refractivity contribution in [3.8, 4) is 5.75 Å². The lowest BCUT2D eigenvalue weighted by Gasteiger charge is -2.24. The molecule has 2 N–H and O–H groups in total. The summed E-state index contributed by atoms with van der Waals surface area (Å²) in [4.78, 5) is 0.0264. The minimum atomic E-state index is -3.74. The molecule has 106 valence electrons. The molecule has 1 fully saturated rings. The lowest BCUT2D eigenvalue weighted by Crippen LogP contribution is -2.28. The van der Waals surface area contributed by atoms with Gasteiger partial charge in [0.05, 0.1) is 20.4 Å². The quantitative estimate of drug-likeness (QED) is 0.823. The second kappa shape index (κ2) is 6.09. The molecule has 1 atom stereocenters. The first-order valence-corrected chi connectivity index (χ1v) is 8.77. The van der Waals surface area contributed by atoms with Crippen molar-refractivity contribution in [3.63, 3.8) is 0 Å². The Hall–Kier alpha value is -0.150. The van der Waals surface area contributed by atoms with Gasteiger partial charge in [0, 0.05) is 6.61 Å². The highest BCUT2D eigenvalue weighted by Crippen LogP contribution is 2.37. The Morgan fingerprint density at radius 3 is 2.42 bits per heavy atom. The van der Waals surface area contributed by atoms with E-state index in [4.69, 9.17) is 14.6 Å². The molecule has 0 saturated carbocycles. The van der Waals surface area contributed by atoms with Crippen LogP contribution in [-0.4, -0.2) is 27.7 Å². The summed E-state index contributed by atoms with van der Waals surface area (Å²) in [5.74, 6) is 0.558. The van der Waals surface area contributed by atoms with Crippen molar-refractivity contribution in [2.24, 2.45) is 5.14 Å². The fourth-order valence-corrected chi connectivity index (χ4v) is 4.02. The van der Waals surface area contributed by atoms with Crippen molar-refractivity contribution in [1.29, 1.82) is 0 Å². The zero-order chi connectivity index (χ0) is 14.0. The fourth-order valence-electron chi connectivity index (χ4n) is 1.78. The second-order valence-corrected chi connectivity index (χ2v) is 7.49. The van der Waals surface area contributed by atoms with Crippen LogP contribution < -0.4 is 9.88 Å². The van der Waals surface area contributed by atoms with E-state index in [1.54, 1.807) is 0 Å². The molecule has 0 bridgehead atoms. The zero-order valence-corrected chi connectivity index (χ0v) is 13.9. The minimum absolute atomic E-state index is 0.0262. The van der Waals surface area contributed by atoms with Crippen molar-refractivity contribution in [3.05, 3.63) is 21.1 Å². The van der Waals surface area contributed by atoms with Gasteiger partial charge in [0.2, 0.25) is 10.0 Å². The highest BCUT2D eigenvalue weighted by molar-refractivity contribution is 9.11. The molecule has 8 heteroatoms. The van der Waals surface area contributed by atoms with Gasteiger partial charge in [-0.3, -0.25) is 0 Å². The smallest absolute Gasteiger partial charge is 0.238 e. The highest BCUT2D eigenvalue weighted by Gasteiger charge is 2.20. The van der Waals surface area contributed by atoms with Gasteiger partial charge in [-0.05, 0) is 56.8 Å². The predicted octanol–water partition coefficient (Wildman–Crippen LogP) is 2.42. The molecule has 1 aromatic rings. The van der Waals surface area contributed by atoms with Crippen LogP contribution in [0.4, 0.5) is 0 Å². The molecule has 1 heterocycles. The Balaban J connectivity index is 2.26. The third-order valence-electron chi connectivity index (χ3n) is 2.70. The summed E-state index contributed by atoms with van der Waals surface area (Å²) in [6, 6.07) is 2.86. The number of sulfonamides is 1. The molecule has 5 nitrogen and oxygen atoms in total. The third-order valence-corrected chi connectivity index (χ3v) is 4.77. The molecule has 0 spiro atoms. The molecular weight excluding hydrogens is 402 g/mol. The number of halogens is 2. The van der Waals surface area contributed by atoms with E-state index in [1.165, 1.54) is 12.1 Å². The predicted molar refractivity (Wildman–Crippen MR) is 77.7 cm³/mol. The van der Waals surface area contributed by atoms with Gasteiger partial charge in [-0.25, -0.2) is 13.6 Å². The topological polar surface area (TPSA) is 78.6 Å². The first kappa shape index (κ1) is 15.2. The summed E-state index contributed by atoms with van der Waals surface area (Å²) < 4.78 is 34.9. The molecular formula is C11H13Br2NO4S. The maximum atomic E-state index is 11.3. The van der Waals surface area contributed by atoms with Gasteiger partial charge < -0.3 is 9.47 Å². The van der Waals surface area contributed by atoms with Gasteiger partial charge >= 0.3 is 0 Å². The van der Waals surface area contributed by atoms with Crippen molar-refractivity contribution >= 4 is 41.9 Å². The van der Waals surface area contributed by atoms with Crippen LogP contribution in [0.25, 0.3) is 0 Å². The van der Waals surface area contributed by atoms with Crippen LogP contribution in [-0.2, 0) is 14.8 Å². The van der Waals surface area contributed by atoms with Gasteiger partial charge in [0.1, 0.15) is 11.9 Å². The van der Waals surface area contributed by atoms with Crippen molar-refractivity contribution in [2.75, 3.05) is 13.2 Å². The molecule has 19 heavy (non-hydrogen) atoms. The summed E-state index contributed by atoms with van der Waals surface area (Å²) in [7, 11) is -3.74.